The first-order valence-electron chi connectivity index (χ1n) is 6.43. The molecule has 0 saturated heterocycles. The third-order valence-electron chi connectivity index (χ3n) is 2.94. The molecule has 0 aliphatic rings. The third-order valence-corrected chi connectivity index (χ3v) is 6.30. The van der Waals surface area contributed by atoms with Gasteiger partial charge in [0.1, 0.15) is 0 Å². The summed E-state index contributed by atoms with van der Waals surface area (Å²) < 4.78 is 3.65. The van der Waals surface area contributed by atoms with E-state index in [4.69, 9.17) is 0 Å². The molecule has 1 aromatic carbocycles. The van der Waals surface area contributed by atoms with Gasteiger partial charge in [0, 0.05) is 0 Å². The third kappa shape index (κ3) is 2.72. The van der Waals surface area contributed by atoms with Crippen LogP contribution in [0, 0.1) is 5.21 Å². The maximum absolute atomic E-state index is 12.4. The normalized spacial score (nSPS) is 12.4. The van der Waals surface area contributed by atoms with Gasteiger partial charge in [0.15, 0.2) is 0 Å². The van der Waals surface area contributed by atoms with Crippen LogP contribution in [0.2, 0.25) is 0 Å². The Morgan fingerprint density at radius 3 is 2.90 bits per heavy atom. The summed E-state index contributed by atoms with van der Waals surface area (Å²) in [5, 5.41) is 14.8. The van der Waals surface area contributed by atoms with E-state index in [1.807, 2.05) is 38.1 Å². The predicted octanol–water partition coefficient (Wildman–Crippen LogP) is 1.84. The number of fused-ring (bicyclic) bond motifs is 1. The number of thiazole rings is 1. The molecule has 3 aromatic rings. The quantitative estimate of drug-likeness (QED) is 0.234. The number of aromatic nitrogens is 2. The van der Waals surface area contributed by atoms with Crippen molar-refractivity contribution in [1.29, 1.82) is 0 Å². The van der Waals surface area contributed by atoms with E-state index >= 15 is 0 Å². The molecule has 0 fully saturated rings. The van der Waals surface area contributed by atoms with Crippen molar-refractivity contribution in [2.24, 2.45) is 0 Å². The molecule has 21 heavy (non-hydrogen) atoms. The average molecular weight is 366 g/mol. The Morgan fingerprint density at radius 1 is 1.43 bits per heavy atom. The van der Waals surface area contributed by atoms with Crippen molar-refractivity contribution in [3.63, 3.8) is 0 Å². The summed E-state index contributed by atoms with van der Waals surface area (Å²) in [5.74, 6) is 0. The fourth-order valence-corrected chi connectivity index (χ4v) is 4.81. The molecule has 0 radical (unpaired) electrons. The first kappa shape index (κ1) is 14.3. The van der Waals surface area contributed by atoms with Gasteiger partial charge in [-0.15, -0.1) is 0 Å². The van der Waals surface area contributed by atoms with Gasteiger partial charge >= 0.3 is 131 Å². The van der Waals surface area contributed by atoms with Crippen LogP contribution in [0.25, 0.3) is 14.8 Å². The van der Waals surface area contributed by atoms with Gasteiger partial charge < -0.3 is 0 Å². The average Bonchev–Trinajstić information content (AvgIpc) is 3.04. The van der Waals surface area contributed by atoms with Crippen LogP contribution in [-0.2, 0) is 0 Å². The van der Waals surface area contributed by atoms with Crippen LogP contribution in [0.1, 0.15) is 19.5 Å². The number of hydroxylamine groups is 1. The second-order valence-electron chi connectivity index (χ2n) is 4.82. The molecular weight excluding hydrogens is 353 g/mol. The first-order chi connectivity index (χ1) is 10.1. The summed E-state index contributed by atoms with van der Waals surface area (Å²) in [6.45, 7) is 3.64. The van der Waals surface area contributed by atoms with Crippen LogP contribution in [-0.4, -0.2) is 40.3 Å². The zero-order valence-corrected chi connectivity index (χ0v) is 14.0. The van der Waals surface area contributed by atoms with Crippen molar-refractivity contribution in [2.75, 3.05) is 0 Å². The van der Waals surface area contributed by atoms with E-state index in [-0.39, 0.29) is 26.3 Å². The monoisotopic (exact) mass is 367 g/mol. The molecule has 3 rings (SSSR count). The zero-order valence-electron chi connectivity index (χ0n) is 11.5. The Hall–Kier alpha value is -1.69. The molecule has 7 heteroatoms. The van der Waals surface area contributed by atoms with Crippen LogP contribution < -0.4 is 5.56 Å². The van der Waals surface area contributed by atoms with Gasteiger partial charge in [0.2, 0.25) is 0 Å². The van der Waals surface area contributed by atoms with Crippen LogP contribution in [0.4, 0.5) is 0 Å². The SMILES string of the molecule is CC(C)[N+]([O-])=Cc1csc(-n2[se]c3ccccc3c2=O)n1. The van der Waals surface area contributed by atoms with Crippen LogP contribution in [0.15, 0.2) is 34.4 Å². The Labute approximate surface area is 131 Å². The summed E-state index contributed by atoms with van der Waals surface area (Å²) >= 11 is 1.30. The topological polar surface area (TPSA) is 61.0 Å². The summed E-state index contributed by atoms with van der Waals surface area (Å²) in [6, 6.07) is 7.51. The molecule has 0 bridgehead atoms. The first-order valence-corrected chi connectivity index (χ1v) is 8.94. The molecule has 108 valence electrons. The van der Waals surface area contributed by atoms with Gasteiger partial charge in [-0.3, -0.25) is 0 Å². The molecule has 2 heterocycles. The van der Waals surface area contributed by atoms with Crippen molar-refractivity contribution < 1.29 is 4.74 Å². The second kappa shape index (κ2) is 5.60. The van der Waals surface area contributed by atoms with E-state index in [0.717, 1.165) is 14.4 Å². The minimum atomic E-state index is -0.128. The molecule has 0 spiro atoms. The van der Waals surface area contributed by atoms with Gasteiger partial charge in [0.25, 0.3) is 0 Å². The fourth-order valence-electron chi connectivity index (χ4n) is 1.81. The van der Waals surface area contributed by atoms with E-state index in [1.165, 1.54) is 17.6 Å². The Kier molecular flexibility index (Phi) is 3.80. The molecular formula is C14H13N3O2SSe. The van der Waals surface area contributed by atoms with E-state index < -0.39 is 0 Å². The number of hydrogen-bond acceptors (Lipinski definition) is 4. The van der Waals surface area contributed by atoms with Crippen molar-refractivity contribution in [1.82, 2.24) is 8.55 Å². The van der Waals surface area contributed by atoms with Crippen molar-refractivity contribution in [2.45, 2.75) is 19.9 Å². The molecule has 0 amide bonds. The molecule has 0 atom stereocenters. The van der Waals surface area contributed by atoms with E-state index in [1.54, 1.807) is 8.94 Å². The van der Waals surface area contributed by atoms with Crippen LogP contribution in [0.5, 0.6) is 0 Å². The summed E-state index contributed by atoms with van der Waals surface area (Å²) in [4.78, 5) is 16.8. The molecule has 0 aliphatic carbocycles. The molecule has 0 aliphatic heterocycles. The number of benzene rings is 1. The van der Waals surface area contributed by atoms with E-state index in [2.05, 4.69) is 4.98 Å². The Morgan fingerprint density at radius 2 is 2.19 bits per heavy atom. The molecule has 2 aromatic heterocycles. The molecule has 0 unspecified atom stereocenters. The van der Waals surface area contributed by atoms with Gasteiger partial charge in [-0.2, -0.15) is 0 Å². The number of nitrogens with zero attached hydrogens (tertiary/aromatic N) is 3. The van der Waals surface area contributed by atoms with Gasteiger partial charge in [-0.25, -0.2) is 0 Å². The molecule has 0 N–H and O–H groups in total. The molecule has 0 saturated carbocycles. The number of hydrogen-bond donors (Lipinski definition) is 0. The van der Waals surface area contributed by atoms with Crippen molar-refractivity contribution in [3.05, 3.63) is 50.9 Å². The van der Waals surface area contributed by atoms with Gasteiger partial charge in [-0.05, 0) is 0 Å². The predicted molar refractivity (Wildman–Crippen MR) is 86.1 cm³/mol. The van der Waals surface area contributed by atoms with E-state index in [0.29, 0.717) is 10.8 Å². The zero-order chi connectivity index (χ0) is 15.0. The maximum atomic E-state index is 12.4. The minimum absolute atomic E-state index is 0.00524. The van der Waals surface area contributed by atoms with Gasteiger partial charge in [-0.1, -0.05) is 0 Å². The Balaban J connectivity index is 2.05. The summed E-state index contributed by atoms with van der Waals surface area (Å²) in [6.07, 6.45) is 1.46. The standard InChI is InChI=1S/C14H13N3O2SSe/c1-9(2)16(19)7-10-8-20-14(15-10)17-13(18)11-5-3-4-6-12(11)21-17/h3-9H,1-2H3. The number of rotatable bonds is 3. The Bertz CT molecular complexity index is 876. The van der Waals surface area contributed by atoms with Crippen LogP contribution >= 0.6 is 11.3 Å². The summed E-state index contributed by atoms with van der Waals surface area (Å²) in [5.41, 5.74) is 0.590. The van der Waals surface area contributed by atoms with Crippen molar-refractivity contribution in [3.8, 4) is 5.13 Å². The van der Waals surface area contributed by atoms with Crippen molar-refractivity contribution >= 4 is 41.9 Å². The van der Waals surface area contributed by atoms with Gasteiger partial charge in [0.05, 0.1) is 0 Å². The molecule has 5 nitrogen and oxygen atoms in total. The second-order valence-corrected chi connectivity index (χ2v) is 7.73. The fraction of sp³-hybridized carbons (Fsp3) is 0.214. The van der Waals surface area contributed by atoms with Crippen LogP contribution in [0.3, 0.4) is 0 Å². The van der Waals surface area contributed by atoms with E-state index in [9.17, 15) is 10.0 Å². The summed E-state index contributed by atoms with van der Waals surface area (Å²) in [7, 11) is 0.